The van der Waals surface area contributed by atoms with Gasteiger partial charge < -0.3 is 4.90 Å². The number of carbonyl (C=O) groups excluding carboxylic acids is 1. The van der Waals surface area contributed by atoms with Gasteiger partial charge in [-0.15, -0.1) is 0 Å². The van der Waals surface area contributed by atoms with Crippen molar-refractivity contribution >= 4 is 22.5 Å². The van der Waals surface area contributed by atoms with E-state index >= 15 is 0 Å². The molecule has 1 aliphatic heterocycles. The molecule has 1 atom stereocenters. The van der Waals surface area contributed by atoms with E-state index in [1.807, 2.05) is 37.3 Å². The van der Waals surface area contributed by atoms with Gasteiger partial charge in [-0.25, -0.2) is 4.98 Å². The van der Waals surface area contributed by atoms with Crippen molar-refractivity contribution in [1.29, 1.82) is 0 Å². The highest BCUT2D eigenvalue weighted by atomic mass is 16.2. The summed E-state index contributed by atoms with van der Waals surface area (Å²) >= 11 is 0. The van der Waals surface area contributed by atoms with Gasteiger partial charge >= 0.3 is 0 Å². The second-order valence-corrected chi connectivity index (χ2v) is 6.63. The number of para-hydroxylation sites is 1. The molecule has 0 saturated carbocycles. The lowest BCUT2D eigenvalue weighted by Crippen LogP contribution is -2.28. The second kappa shape index (κ2) is 5.55. The summed E-state index contributed by atoms with van der Waals surface area (Å²) < 4.78 is 1.56. The Morgan fingerprint density at radius 3 is 2.64 bits per heavy atom. The molecule has 25 heavy (non-hydrogen) atoms. The topological polar surface area (TPSA) is 55.2 Å². The van der Waals surface area contributed by atoms with E-state index < -0.39 is 0 Å². The molecule has 1 aromatic heterocycles. The number of hydrogen-bond acceptors (Lipinski definition) is 3. The zero-order valence-corrected chi connectivity index (χ0v) is 14.5. The highest BCUT2D eigenvalue weighted by Crippen LogP contribution is 2.38. The van der Waals surface area contributed by atoms with Gasteiger partial charge in [-0.05, 0) is 30.7 Å². The lowest BCUT2D eigenvalue weighted by atomic mass is 9.95. The highest BCUT2D eigenvalue weighted by molar-refractivity contribution is 6.04. The number of fused-ring (bicyclic) bond motifs is 2. The van der Waals surface area contributed by atoms with E-state index in [2.05, 4.69) is 11.1 Å². The number of carbonyl (C=O) groups is 1. The Bertz CT molecular complexity index is 1070. The van der Waals surface area contributed by atoms with Crippen LogP contribution in [-0.2, 0) is 18.3 Å². The first-order chi connectivity index (χ1) is 12.0. The molecule has 1 aliphatic rings. The van der Waals surface area contributed by atoms with Gasteiger partial charge in [0, 0.05) is 26.2 Å². The van der Waals surface area contributed by atoms with Gasteiger partial charge in [0.2, 0.25) is 5.91 Å². The van der Waals surface area contributed by atoms with Crippen molar-refractivity contribution in [3.05, 3.63) is 69.8 Å². The van der Waals surface area contributed by atoms with Crippen LogP contribution in [0, 0.1) is 6.92 Å². The Balaban J connectivity index is 1.83. The lowest BCUT2D eigenvalue weighted by Gasteiger charge is -2.14. The fourth-order valence-electron chi connectivity index (χ4n) is 3.57. The van der Waals surface area contributed by atoms with E-state index in [0.717, 1.165) is 16.8 Å². The predicted molar refractivity (Wildman–Crippen MR) is 98.0 cm³/mol. The number of aryl methyl sites for hydroxylation is 1. The average Bonchev–Trinajstić information content (AvgIpc) is 2.84. The van der Waals surface area contributed by atoms with Crippen molar-refractivity contribution in [3.8, 4) is 0 Å². The molecular formula is C20H19N3O2. The van der Waals surface area contributed by atoms with E-state index in [-0.39, 0.29) is 17.4 Å². The van der Waals surface area contributed by atoms with Crippen LogP contribution in [0.1, 0.15) is 22.9 Å². The van der Waals surface area contributed by atoms with Crippen LogP contribution in [0.25, 0.3) is 10.9 Å². The maximum Gasteiger partial charge on any atom is 0.261 e. The molecule has 4 rings (SSSR count). The molecule has 0 bridgehead atoms. The molecule has 0 radical (unpaired) electrons. The molecule has 5 heteroatoms. The fourth-order valence-corrected chi connectivity index (χ4v) is 3.57. The number of rotatable bonds is 2. The van der Waals surface area contributed by atoms with Crippen molar-refractivity contribution < 1.29 is 4.79 Å². The van der Waals surface area contributed by atoms with Gasteiger partial charge in [0.25, 0.3) is 5.56 Å². The van der Waals surface area contributed by atoms with Crippen LogP contribution in [0.4, 0.5) is 5.69 Å². The summed E-state index contributed by atoms with van der Waals surface area (Å²) in [4.78, 5) is 31.7. The molecule has 2 heterocycles. The van der Waals surface area contributed by atoms with Crippen LogP contribution in [0.15, 0.2) is 47.3 Å². The Hall–Kier alpha value is -2.95. The SMILES string of the molecule is Cc1ccc2c(c1)C(Cc1nc3ccccc3c(=O)n1C)C(=O)N2C. The van der Waals surface area contributed by atoms with Crippen LogP contribution in [0.5, 0.6) is 0 Å². The third-order valence-corrected chi connectivity index (χ3v) is 5.01. The molecular weight excluding hydrogens is 314 g/mol. The molecule has 2 aromatic carbocycles. The number of aromatic nitrogens is 2. The molecule has 0 N–H and O–H groups in total. The summed E-state index contributed by atoms with van der Waals surface area (Å²) in [5, 5.41) is 0.597. The van der Waals surface area contributed by atoms with Crippen molar-refractivity contribution in [2.24, 2.45) is 7.05 Å². The second-order valence-electron chi connectivity index (χ2n) is 6.63. The maximum atomic E-state index is 12.7. The van der Waals surface area contributed by atoms with Gasteiger partial charge in [-0.1, -0.05) is 29.8 Å². The van der Waals surface area contributed by atoms with Gasteiger partial charge in [0.05, 0.1) is 16.8 Å². The molecule has 0 spiro atoms. The van der Waals surface area contributed by atoms with Gasteiger partial charge in [0.1, 0.15) is 5.82 Å². The number of amides is 1. The zero-order valence-electron chi connectivity index (χ0n) is 14.5. The fraction of sp³-hybridized carbons (Fsp3) is 0.250. The van der Waals surface area contributed by atoms with Crippen LogP contribution >= 0.6 is 0 Å². The van der Waals surface area contributed by atoms with Crippen molar-refractivity contribution in [2.45, 2.75) is 19.3 Å². The maximum absolute atomic E-state index is 12.7. The monoisotopic (exact) mass is 333 g/mol. The first kappa shape index (κ1) is 15.6. The number of anilines is 1. The number of nitrogens with zero attached hydrogens (tertiary/aromatic N) is 3. The molecule has 0 saturated heterocycles. The van der Waals surface area contributed by atoms with E-state index in [1.54, 1.807) is 29.6 Å². The van der Waals surface area contributed by atoms with Crippen molar-refractivity contribution in [3.63, 3.8) is 0 Å². The van der Waals surface area contributed by atoms with Gasteiger partial charge in [-0.2, -0.15) is 0 Å². The van der Waals surface area contributed by atoms with Crippen molar-refractivity contribution in [2.75, 3.05) is 11.9 Å². The minimum absolute atomic E-state index is 0.0445. The molecule has 1 unspecified atom stereocenters. The van der Waals surface area contributed by atoms with E-state index in [4.69, 9.17) is 0 Å². The summed E-state index contributed by atoms with van der Waals surface area (Å²) in [5.74, 6) is 0.368. The van der Waals surface area contributed by atoms with Crippen LogP contribution in [-0.4, -0.2) is 22.5 Å². The lowest BCUT2D eigenvalue weighted by molar-refractivity contribution is -0.119. The summed E-state index contributed by atoms with van der Waals surface area (Å²) in [7, 11) is 3.51. The summed E-state index contributed by atoms with van der Waals surface area (Å²) in [6.45, 7) is 2.02. The van der Waals surface area contributed by atoms with E-state index in [0.29, 0.717) is 23.1 Å². The Labute approximate surface area is 145 Å². The van der Waals surface area contributed by atoms with E-state index in [9.17, 15) is 9.59 Å². The van der Waals surface area contributed by atoms with Gasteiger partial charge in [0.15, 0.2) is 0 Å². The normalized spacial score (nSPS) is 16.5. The quantitative estimate of drug-likeness (QED) is 0.724. The van der Waals surface area contributed by atoms with Crippen LogP contribution in [0.3, 0.4) is 0 Å². The molecule has 0 aliphatic carbocycles. The first-order valence-corrected chi connectivity index (χ1v) is 8.30. The van der Waals surface area contributed by atoms with Gasteiger partial charge in [-0.3, -0.25) is 14.2 Å². The number of benzene rings is 2. The molecule has 0 fully saturated rings. The molecule has 3 aromatic rings. The minimum Gasteiger partial charge on any atom is -0.315 e. The Morgan fingerprint density at radius 1 is 1.08 bits per heavy atom. The summed E-state index contributed by atoms with van der Waals surface area (Å²) in [6, 6.07) is 13.4. The number of likely N-dealkylation sites (N-methyl/N-ethyl adjacent to an activating group) is 1. The smallest absolute Gasteiger partial charge is 0.261 e. The molecule has 5 nitrogen and oxygen atoms in total. The average molecular weight is 333 g/mol. The first-order valence-electron chi connectivity index (χ1n) is 8.30. The third kappa shape index (κ3) is 2.35. The summed E-state index contributed by atoms with van der Waals surface area (Å²) in [6.07, 6.45) is 0.413. The predicted octanol–water partition coefficient (Wildman–Crippen LogP) is 2.54. The Kier molecular flexibility index (Phi) is 3.46. The highest BCUT2D eigenvalue weighted by Gasteiger charge is 2.36. The Morgan fingerprint density at radius 2 is 1.84 bits per heavy atom. The zero-order chi connectivity index (χ0) is 17.7. The van der Waals surface area contributed by atoms with E-state index in [1.165, 1.54) is 0 Å². The standard InChI is InChI=1S/C20H19N3O2/c1-12-8-9-17-14(10-12)15(20(25)22(17)2)11-18-21-16-7-5-4-6-13(16)19(24)23(18)3/h4-10,15H,11H2,1-3H3. The third-order valence-electron chi connectivity index (χ3n) is 5.01. The molecule has 126 valence electrons. The summed E-state index contributed by atoms with van der Waals surface area (Å²) in [5.41, 5.74) is 3.65. The largest absolute Gasteiger partial charge is 0.315 e. The van der Waals surface area contributed by atoms with Crippen molar-refractivity contribution in [1.82, 2.24) is 9.55 Å². The number of hydrogen-bond donors (Lipinski definition) is 0. The van der Waals surface area contributed by atoms with Crippen LogP contribution in [0.2, 0.25) is 0 Å². The van der Waals surface area contributed by atoms with Crippen LogP contribution < -0.4 is 10.5 Å². The minimum atomic E-state index is -0.306. The molecule has 1 amide bonds.